The third-order valence-corrected chi connectivity index (χ3v) is 4.23. The summed E-state index contributed by atoms with van der Waals surface area (Å²) < 4.78 is 56.2. The fraction of sp³-hybridized carbons (Fsp3) is 0.316. The molecule has 11 heteroatoms. The number of benzene rings is 1. The van der Waals surface area contributed by atoms with Crippen LogP contribution in [0.3, 0.4) is 0 Å². The number of aryl methyl sites for hydroxylation is 1. The molecule has 160 valence electrons. The first-order chi connectivity index (χ1) is 13.8. The third kappa shape index (κ3) is 4.67. The average molecular weight is 426 g/mol. The number of amides is 1. The Labute approximate surface area is 168 Å². The smallest absolute Gasteiger partial charge is 0.403 e. The minimum absolute atomic E-state index is 0.0446. The number of rotatable bonds is 5. The summed E-state index contributed by atoms with van der Waals surface area (Å²) in [5.41, 5.74) is -0.331. The SMILES string of the molecule is Cc1cnc2c(C(=O)N[C@H](c3ccc(OC(F)(F)F)c(F)c3)C(C)(C)O)cnn2c1. The van der Waals surface area contributed by atoms with E-state index in [9.17, 15) is 27.5 Å². The van der Waals surface area contributed by atoms with Gasteiger partial charge in [0, 0.05) is 12.4 Å². The summed E-state index contributed by atoms with van der Waals surface area (Å²) in [5.74, 6) is -2.96. The van der Waals surface area contributed by atoms with Gasteiger partial charge in [0.05, 0.1) is 17.8 Å². The van der Waals surface area contributed by atoms with Crippen LogP contribution in [0.15, 0.2) is 36.8 Å². The van der Waals surface area contributed by atoms with E-state index in [-0.39, 0.29) is 16.8 Å². The molecule has 3 aromatic rings. The second-order valence-corrected chi connectivity index (χ2v) is 7.26. The minimum Gasteiger partial charge on any atom is -0.403 e. The number of hydrogen-bond donors (Lipinski definition) is 2. The second-order valence-electron chi connectivity index (χ2n) is 7.26. The zero-order valence-electron chi connectivity index (χ0n) is 16.2. The first-order valence-corrected chi connectivity index (χ1v) is 8.73. The molecule has 0 aliphatic rings. The highest BCUT2D eigenvalue weighted by Gasteiger charge is 2.34. The molecule has 30 heavy (non-hydrogen) atoms. The summed E-state index contributed by atoms with van der Waals surface area (Å²) in [6.07, 6.45) is -0.544. The first kappa shape index (κ1) is 21.5. The van der Waals surface area contributed by atoms with Crippen molar-refractivity contribution in [1.29, 1.82) is 0 Å². The molecular weight excluding hydrogens is 408 g/mol. The number of aromatic nitrogens is 3. The lowest BCUT2D eigenvalue weighted by Gasteiger charge is -2.30. The molecule has 1 amide bonds. The van der Waals surface area contributed by atoms with Crippen LogP contribution >= 0.6 is 0 Å². The van der Waals surface area contributed by atoms with Crippen molar-refractivity contribution in [3.05, 3.63) is 59.3 Å². The Bertz CT molecular complexity index is 1090. The van der Waals surface area contributed by atoms with Crippen LogP contribution in [0.5, 0.6) is 5.75 Å². The molecule has 1 aromatic carbocycles. The van der Waals surface area contributed by atoms with Gasteiger partial charge in [0.15, 0.2) is 17.2 Å². The fourth-order valence-corrected chi connectivity index (χ4v) is 2.91. The normalized spacial score (nSPS) is 13.3. The van der Waals surface area contributed by atoms with Gasteiger partial charge in [-0.2, -0.15) is 5.10 Å². The Kier molecular flexibility index (Phi) is 5.42. The number of hydrogen-bond acceptors (Lipinski definition) is 5. The number of ether oxygens (including phenoxy) is 1. The van der Waals surface area contributed by atoms with Gasteiger partial charge in [0.2, 0.25) is 0 Å². The van der Waals surface area contributed by atoms with E-state index in [1.807, 2.05) is 0 Å². The standard InChI is InChI=1S/C19H18F4N4O3/c1-10-7-24-16-12(8-25-27(16)9-10)17(28)26-15(18(2,3)29)11-4-5-14(13(20)6-11)30-19(21,22)23/h4-9,15,29H,1-3H3,(H,26,28)/t15-/m1/s1. The average Bonchev–Trinajstić information content (AvgIpc) is 3.02. The maximum Gasteiger partial charge on any atom is 0.573 e. The second kappa shape index (κ2) is 7.56. The Morgan fingerprint density at radius 1 is 1.27 bits per heavy atom. The van der Waals surface area contributed by atoms with E-state index in [1.54, 1.807) is 19.3 Å². The van der Waals surface area contributed by atoms with Crippen LogP contribution < -0.4 is 10.1 Å². The molecule has 7 nitrogen and oxygen atoms in total. The Morgan fingerprint density at radius 2 is 1.97 bits per heavy atom. The van der Waals surface area contributed by atoms with Crippen LogP contribution in [0.25, 0.3) is 5.65 Å². The highest BCUT2D eigenvalue weighted by atomic mass is 19.4. The van der Waals surface area contributed by atoms with Gasteiger partial charge in [-0.05, 0) is 44.0 Å². The Balaban J connectivity index is 1.91. The molecule has 0 fully saturated rings. The van der Waals surface area contributed by atoms with E-state index in [0.29, 0.717) is 0 Å². The molecule has 0 saturated carbocycles. The van der Waals surface area contributed by atoms with Crippen LogP contribution in [-0.2, 0) is 0 Å². The lowest BCUT2D eigenvalue weighted by molar-refractivity contribution is -0.275. The van der Waals surface area contributed by atoms with Gasteiger partial charge in [0.25, 0.3) is 5.91 Å². The van der Waals surface area contributed by atoms with Crippen molar-refractivity contribution in [2.75, 3.05) is 0 Å². The van der Waals surface area contributed by atoms with Gasteiger partial charge in [-0.25, -0.2) is 13.9 Å². The molecule has 0 spiro atoms. The molecule has 0 aliphatic heterocycles. The van der Waals surface area contributed by atoms with E-state index >= 15 is 0 Å². The van der Waals surface area contributed by atoms with Gasteiger partial charge in [0.1, 0.15) is 5.56 Å². The van der Waals surface area contributed by atoms with E-state index in [4.69, 9.17) is 0 Å². The molecular formula is C19H18F4N4O3. The van der Waals surface area contributed by atoms with E-state index in [2.05, 4.69) is 20.1 Å². The molecule has 0 unspecified atom stereocenters. The predicted octanol–water partition coefficient (Wildman–Crippen LogP) is 3.32. The highest BCUT2D eigenvalue weighted by molar-refractivity contribution is 5.99. The van der Waals surface area contributed by atoms with Crippen molar-refractivity contribution < 1.29 is 32.2 Å². The van der Waals surface area contributed by atoms with Crippen molar-refractivity contribution in [1.82, 2.24) is 19.9 Å². The van der Waals surface area contributed by atoms with Gasteiger partial charge in [-0.3, -0.25) is 4.79 Å². The maximum absolute atomic E-state index is 14.1. The monoisotopic (exact) mass is 426 g/mol. The van der Waals surface area contributed by atoms with Crippen molar-refractivity contribution in [2.24, 2.45) is 0 Å². The number of nitrogens with zero attached hydrogens (tertiary/aromatic N) is 3. The van der Waals surface area contributed by atoms with Crippen LogP contribution in [0.1, 0.15) is 41.4 Å². The summed E-state index contributed by atoms with van der Waals surface area (Å²) in [7, 11) is 0. The number of nitrogens with one attached hydrogen (secondary N) is 1. The topological polar surface area (TPSA) is 88.8 Å². The third-order valence-electron chi connectivity index (χ3n) is 4.23. The van der Waals surface area contributed by atoms with Gasteiger partial charge < -0.3 is 15.2 Å². The lowest BCUT2D eigenvalue weighted by Crippen LogP contribution is -2.42. The molecule has 0 aliphatic carbocycles. The van der Waals surface area contributed by atoms with E-state index in [0.717, 1.165) is 23.8 Å². The van der Waals surface area contributed by atoms with Crippen LogP contribution in [0.4, 0.5) is 17.6 Å². The summed E-state index contributed by atoms with van der Waals surface area (Å²) >= 11 is 0. The Morgan fingerprint density at radius 3 is 2.57 bits per heavy atom. The predicted molar refractivity (Wildman–Crippen MR) is 97.3 cm³/mol. The number of halogens is 4. The van der Waals surface area contributed by atoms with Gasteiger partial charge >= 0.3 is 6.36 Å². The summed E-state index contributed by atoms with van der Waals surface area (Å²) in [5, 5.41) is 17.1. The number of aliphatic hydroxyl groups is 1. The summed E-state index contributed by atoms with van der Waals surface area (Å²) in [4.78, 5) is 16.9. The molecule has 2 aromatic heterocycles. The summed E-state index contributed by atoms with van der Waals surface area (Å²) in [6.45, 7) is 4.54. The Hall–Kier alpha value is -3.21. The molecule has 0 radical (unpaired) electrons. The minimum atomic E-state index is -5.05. The zero-order valence-corrected chi connectivity index (χ0v) is 16.2. The number of carbonyl (C=O) groups excluding carboxylic acids is 1. The van der Waals surface area contributed by atoms with Crippen LogP contribution in [0.2, 0.25) is 0 Å². The van der Waals surface area contributed by atoms with E-state index in [1.165, 1.54) is 24.6 Å². The largest absolute Gasteiger partial charge is 0.573 e. The number of carbonyl (C=O) groups is 1. The quantitative estimate of drug-likeness (QED) is 0.611. The van der Waals surface area contributed by atoms with Crippen LogP contribution in [0, 0.1) is 12.7 Å². The number of fused-ring (bicyclic) bond motifs is 1. The molecule has 2 N–H and O–H groups in total. The van der Waals surface area contributed by atoms with E-state index < -0.39 is 35.5 Å². The molecule has 1 atom stereocenters. The van der Waals surface area contributed by atoms with Gasteiger partial charge in [-0.1, -0.05) is 6.07 Å². The zero-order chi connectivity index (χ0) is 22.3. The number of alkyl halides is 3. The van der Waals surface area contributed by atoms with Gasteiger partial charge in [-0.15, -0.1) is 13.2 Å². The lowest BCUT2D eigenvalue weighted by atomic mass is 9.91. The van der Waals surface area contributed by atoms with Crippen molar-refractivity contribution in [3.63, 3.8) is 0 Å². The first-order valence-electron chi connectivity index (χ1n) is 8.73. The summed E-state index contributed by atoms with van der Waals surface area (Å²) in [6, 6.07) is 1.52. The molecule has 2 heterocycles. The van der Waals surface area contributed by atoms with Crippen molar-refractivity contribution in [2.45, 2.75) is 38.8 Å². The molecule has 3 rings (SSSR count). The van der Waals surface area contributed by atoms with Crippen molar-refractivity contribution >= 4 is 11.6 Å². The highest BCUT2D eigenvalue weighted by Crippen LogP contribution is 2.31. The fourth-order valence-electron chi connectivity index (χ4n) is 2.91. The van der Waals surface area contributed by atoms with Crippen LogP contribution in [-0.4, -0.2) is 37.6 Å². The van der Waals surface area contributed by atoms with Crippen molar-refractivity contribution in [3.8, 4) is 5.75 Å². The maximum atomic E-state index is 14.1. The molecule has 0 saturated heterocycles. The molecule has 0 bridgehead atoms.